The summed E-state index contributed by atoms with van der Waals surface area (Å²) in [6.45, 7) is 2.11. The number of halogens is 2. The predicted molar refractivity (Wildman–Crippen MR) is 83.1 cm³/mol. The second kappa shape index (κ2) is 4.97. The van der Waals surface area contributed by atoms with Crippen LogP contribution in [0.15, 0.2) is 28.7 Å². The fourth-order valence-corrected chi connectivity index (χ4v) is 3.69. The third-order valence-corrected chi connectivity index (χ3v) is 4.60. The van der Waals surface area contributed by atoms with Gasteiger partial charge in [-0.05, 0) is 56.0 Å². The molecule has 1 aliphatic rings. The number of aromatic nitrogens is 1. The summed E-state index contributed by atoms with van der Waals surface area (Å²) < 4.78 is 3.25. The van der Waals surface area contributed by atoms with Crippen molar-refractivity contribution in [3.63, 3.8) is 0 Å². The van der Waals surface area contributed by atoms with Crippen molar-refractivity contribution in [2.24, 2.45) is 5.73 Å². The van der Waals surface area contributed by atoms with E-state index in [4.69, 9.17) is 17.3 Å². The number of fused-ring (bicyclic) bond motifs is 1. The van der Waals surface area contributed by atoms with E-state index in [9.17, 15) is 0 Å². The Morgan fingerprint density at radius 3 is 2.89 bits per heavy atom. The first-order chi connectivity index (χ1) is 9.08. The van der Waals surface area contributed by atoms with Gasteiger partial charge < -0.3 is 10.3 Å². The van der Waals surface area contributed by atoms with Crippen LogP contribution in [0.25, 0.3) is 5.69 Å². The highest BCUT2D eigenvalue weighted by atomic mass is 79.9. The molecule has 100 valence electrons. The van der Waals surface area contributed by atoms with Gasteiger partial charge in [0.25, 0.3) is 0 Å². The average molecular weight is 340 g/mol. The molecule has 1 heterocycles. The van der Waals surface area contributed by atoms with Gasteiger partial charge in [0, 0.05) is 21.9 Å². The maximum Gasteiger partial charge on any atom is 0.0657 e. The molecule has 1 unspecified atom stereocenters. The summed E-state index contributed by atoms with van der Waals surface area (Å²) >= 11 is 9.84. The third kappa shape index (κ3) is 2.24. The Bertz CT molecular complexity index is 633. The SMILES string of the molecule is Cc1cc2c(n1-c1ccc(Br)cc1Cl)CCCC2N. The van der Waals surface area contributed by atoms with Gasteiger partial charge in [0.15, 0.2) is 0 Å². The summed E-state index contributed by atoms with van der Waals surface area (Å²) in [5.41, 5.74) is 11.1. The van der Waals surface area contributed by atoms with E-state index in [0.717, 1.165) is 34.4 Å². The molecule has 0 aliphatic heterocycles. The molecule has 0 bridgehead atoms. The molecular weight excluding hydrogens is 324 g/mol. The van der Waals surface area contributed by atoms with Gasteiger partial charge in [0.05, 0.1) is 10.7 Å². The average Bonchev–Trinajstić information content (AvgIpc) is 2.68. The normalized spacial score (nSPS) is 18.4. The minimum absolute atomic E-state index is 0.165. The van der Waals surface area contributed by atoms with Crippen LogP contribution >= 0.6 is 27.5 Å². The minimum Gasteiger partial charge on any atom is -0.324 e. The van der Waals surface area contributed by atoms with E-state index in [0.29, 0.717) is 0 Å². The van der Waals surface area contributed by atoms with E-state index in [1.54, 1.807) is 0 Å². The number of hydrogen-bond donors (Lipinski definition) is 1. The maximum absolute atomic E-state index is 6.39. The highest BCUT2D eigenvalue weighted by Gasteiger charge is 2.23. The molecular formula is C15H16BrClN2. The van der Waals surface area contributed by atoms with Gasteiger partial charge in [-0.15, -0.1) is 0 Å². The first-order valence-electron chi connectivity index (χ1n) is 6.50. The Hall–Kier alpha value is -0.770. The largest absolute Gasteiger partial charge is 0.324 e. The Labute approximate surface area is 126 Å². The van der Waals surface area contributed by atoms with Gasteiger partial charge in [0.1, 0.15) is 0 Å². The van der Waals surface area contributed by atoms with Gasteiger partial charge >= 0.3 is 0 Å². The molecule has 2 N–H and O–H groups in total. The number of benzene rings is 1. The first-order valence-corrected chi connectivity index (χ1v) is 7.67. The molecule has 2 aromatic rings. The van der Waals surface area contributed by atoms with Crippen LogP contribution in [0.2, 0.25) is 5.02 Å². The molecule has 1 aliphatic carbocycles. The van der Waals surface area contributed by atoms with E-state index < -0.39 is 0 Å². The lowest BCUT2D eigenvalue weighted by Gasteiger charge is -2.21. The summed E-state index contributed by atoms with van der Waals surface area (Å²) in [6.07, 6.45) is 3.29. The Morgan fingerprint density at radius 2 is 2.16 bits per heavy atom. The zero-order valence-electron chi connectivity index (χ0n) is 10.8. The number of aryl methyl sites for hydroxylation is 1. The highest BCUT2D eigenvalue weighted by molar-refractivity contribution is 9.10. The van der Waals surface area contributed by atoms with Crippen LogP contribution in [-0.4, -0.2) is 4.57 Å². The van der Waals surface area contributed by atoms with Crippen LogP contribution in [0.3, 0.4) is 0 Å². The lowest BCUT2D eigenvalue weighted by Crippen LogP contribution is -2.18. The summed E-state index contributed by atoms with van der Waals surface area (Å²) in [7, 11) is 0. The Morgan fingerprint density at radius 1 is 1.37 bits per heavy atom. The van der Waals surface area contributed by atoms with Crippen molar-refractivity contribution >= 4 is 27.5 Å². The molecule has 19 heavy (non-hydrogen) atoms. The number of nitrogens with two attached hydrogens (primary N) is 1. The number of nitrogens with zero attached hydrogens (tertiary/aromatic N) is 1. The van der Waals surface area contributed by atoms with Crippen molar-refractivity contribution in [2.75, 3.05) is 0 Å². The fourth-order valence-electron chi connectivity index (χ4n) is 2.93. The molecule has 2 nitrogen and oxygen atoms in total. The predicted octanol–water partition coefficient (Wildman–Crippen LogP) is 4.54. The van der Waals surface area contributed by atoms with Crippen LogP contribution in [-0.2, 0) is 6.42 Å². The Kier molecular flexibility index (Phi) is 3.46. The van der Waals surface area contributed by atoms with Crippen LogP contribution in [0, 0.1) is 6.92 Å². The fraction of sp³-hybridized carbons (Fsp3) is 0.333. The van der Waals surface area contributed by atoms with Crippen molar-refractivity contribution in [1.29, 1.82) is 0 Å². The Balaban J connectivity index is 2.20. The van der Waals surface area contributed by atoms with Crippen molar-refractivity contribution in [3.05, 3.63) is 50.7 Å². The molecule has 0 fully saturated rings. The molecule has 0 amide bonds. The van der Waals surface area contributed by atoms with E-state index in [2.05, 4.69) is 39.6 Å². The number of rotatable bonds is 1. The second-order valence-corrected chi connectivity index (χ2v) is 6.44. The van der Waals surface area contributed by atoms with E-state index >= 15 is 0 Å². The molecule has 4 heteroatoms. The van der Waals surface area contributed by atoms with Crippen molar-refractivity contribution in [1.82, 2.24) is 4.57 Å². The summed E-state index contributed by atoms with van der Waals surface area (Å²) in [5, 5.41) is 0.759. The van der Waals surface area contributed by atoms with Crippen molar-refractivity contribution in [3.8, 4) is 5.69 Å². The summed E-state index contributed by atoms with van der Waals surface area (Å²) in [4.78, 5) is 0. The lowest BCUT2D eigenvalue weighted by molar-refractivity contribution is 0.560. The van der Waals surface area contributed by atoms with E-state index in [-0.39, 0.29) is 6.04 Å². The van der Waals surface area contributed by atoms with Gasteiger partial charge in [-0.3, -0.25) is 0 Å². The molecule has 0 spiro atoms. The zero-order valence-corrected chi connectivity index (χ0v) is 13.1. The van der Waals surface area contributed by atoms with Crippen LogP contribution < -0.4 is 5.73 Å². The zero-order chi connectivity index (χ0) is 13.6. The minimum atomic E-state index is 0.165. The van der Waals surface area contributed by atoms with Crippen LogP contribution in [0.1, 0.15) is 35.8 Å². The molecule has 1 aromatic heterocycles. The van der Waals surface area contributed by atoms with E-state index in [1.165, 1.54) is 17.0 Å². The highest BCUT2D eigenvalue weighted by Crippen LogP contribution is 2.35. The summed E-state index contributed by atoms with van der Waals surface area (Å²) in [6, 6.07) is 8.39. The first kappa shape index (κ1) is 13.2. The standard InChI is InChI=1S/C15H16BrClN2/c1-9-7-11-13(18)3-2-4-14(11)19(9)15-6-5-10(16)8-12(15)17/h5-8,13H,2-4,18H2,1H3. The molecule has 1 atom stereocenters. The molecule has 3 rings (SSSR count). The lowest BCUT2D eigenvalue weighted by atomic mass is 9.93. The van der Waals surface area contributed by atoms with E-state index in [1.807, 2.05) is 12.1 Å². The number of hydrogen-bond acceptors (Lipinski definition) is 1. The van der Waals surface area contributed by atoms with Crippen LogP contribution in [0.5, 0.6) is 0 Å². The molecule has 0 radical (unpaired) electrons. The molecule has 1 aromatic carbocycles. The van der Waals surface area contributed by atoms with Crippen molar-refractivity contribution in [2.45, 2.75) is 32.2 Å². The molecule has 0 saturated heterocycles. The van der Waals surface area contributed by atoms with Crippen molar-refractivity contribution < 1.29 is 0 Å². The van der Waals surface area contributed by atoms with Gasteiger partial charge in [-0.25, -0.2) is 0 Å². The third-order valence-electron chi connectivity index (χ3n) is 3.80. The van der Waals surface area contributed by atoms with Gasteiger partial charge in [-0.1, -0.05) is 27.5 Å². The second-order valence-electron chi connectivity index (χ2n) is 5.12. The topological polar surface area (TPSA) is 30.9 Å². The maximum atomic E-state index is 6.39. The van der Waals surface area contributed by atoms with Gasteiger partial charge in [0.2, 0.25) is 0 Å². The monoisotopic (exact) mass is 338 g/mol. The van der Waals surface area contributed by atoms with Crippen LogP contribution in [0.4, 0.5) is 0 Å². The quantitative estimate of drug-likeness (QED) is 0.812. The smallest absolute Gasteiger partial charge is 0.0657 e. The summed E-state index contributed by atoms with van der Waals surface area (Å²) in [5.74, 6) is 0. The van der Waals surface area contributed by atoms with Gasteiger partial charge in [-0.2, -0.15) is 0 Å². The molecule has 0 saturated carbocycles.